The molecule has 0 aliphatic heterocycles. The number of hydrogen-bond acceptors (Lipinski definition) is 2. The number of rotatable bonds is 1. The first-order chi connectivity index (χ1) is 6.61. The third kappa shape index (κ3) is 1.29. The molecule has 0 radical (unpaired) electrons. The van der Waals surface area contributed by atoms with Gasteiger partial charge in [0.1, 0.15) is 4.88 Å². The van der Waals surface area contributed by atoms with E-state index in [1.165, 1.54) is 11.3 Å². The molecule has 0 atom stereocenters. The zero-order valence-electron chi connectivity index (χ0n) is 7.50. The molecule has 0 aliphatic rings. The van der Waals surface area contributed by atoms with Crippen molar-refractivity contribution in [3.05, 3.63) is 33.7 Å². The molecule has 14 heavy (non-hydrogen) atoms. The standard InChI is InChI=1S/C10H8ClNOS/c1-5-3-2-4-6-7(5)8(11)9(14-6)10(12)13/h2-4H,1H3,(H2,12,13). The fourth-order valence-electron chi connectivity index (χ4n) is 1.43. The average molecular weight is 226 g/mol. The number of nitrogens with two attached hydrogens (primary N) is 1. The van der Waals surface area contributed by atoms with Crippen LogP contribution in [-0.2, 0) is 0 Å². The Bertz CT molecular complexity index is 518. The zero-order valence-corrected chi connectivity index (χ0v) is 9.08. The Morgan fingerprint density at radius 3 is 2.79 bits per heavy atom. The number of thiophene rings is 1. The topological polar surface area (TPSA) is 43.1 Å². The Morgan fingerprint density at radius 1 is 1.50 bits per heavy atom. The van der Waals surface area contributed by atoms with Gasteiger partial charge in [0, 0.05) is 10.1 Å². The Balaban J connectivity index is 2.87. The minimum atomic E-state index is -0.462. The van der Waals surface area contributed by atoms with Gasteiger partial charge in [-0.05, 0) is 18.6 Å². The summed E-state index contributed by atoms with van der Waals surface area (Å²) in [4.78, 5) is 11.5. The SMILES string of the molecule is Cc1cccc2sc(C(N)=O)c(Cl)c12. The molecule has 1 aromatic carbocycles. The average Bonchev–Trinajstić information content (AvgIpc) is 2.45. The van der Waals surface area contributed by atoms with Crippen LogP contribution in [0.15, 0.2) is 18.2 Å². The van der Waals surface area contributed by atoms with Crippen LogP contribution in [0.4, 0.5) is 0 Å². The number of carbonyl (C=O) groups excluding carboxylic acids is 1. The van der Waals surface area contributed by atoms with Crippen molar-refractivity contribution in [1.82, 2.24) is 0 Å². The Kier molecular flexibility index (Phi) is 2.21. The molecule has 2 rings (SSSR count). The second kappa shape index (κ2) is 3.26. The third-order valence-corrected chi connectivity index (χ3v) is 3.75. The van der Waals surface area contributed by atoms with Gasteiger partial charge >= 0.3 is 0 Å². The second-order valence-electron chi connectivity index (χ2n) is 3.06. The van der Waals surface area contributed by atoms with E-state index < -0.39 is 5.91 Å². The molecule has 72 valence electrons. The molecule has 0 fully saturated rings. The summed E-state index contributed by atoms with van der Waals surface area (Å²) in [6, 6.07) is 5.84. The Labute approximate surface area is 90.3 Å². The molecule has 2 aromatic rings. The highest BCUT2D eigenvalue weighted by molar-refractivity contribution is 7.21. The molecular formula is C10H8ClNOS. The largest absolute Gasteiger partial charge is 0.365 e. The van der Waals surface area contributed by atoms with Crippen LogP contribution >= 0.6 is 22.9 Å². The molecule has 0 bridgehead atoms. The van der Waals surface area contributed by atoms with Gasteiger partial charge in [0.15, 0.2) is 0 Å². The predicted octanol–water partition coefficient (Wildman–Crippen LogP) is 2.96. The monoisotopic (exact) mass is 225 g/mol. The van der Waals surface area contributed by atoms with E-state index in [0.29, 0.717) is 9.90 Å². The van der Waals surface area contributed by atoms with Gasteiger partial charge in [-0.2, -0.15) is 0 Å². The van der Waals surface area contributed by atoms with Crippen LogP contribution in [0.1, 0.15) is 15.2 Å². The number of fused-ring (bicyclic) bond motifs is 1. The lowest BCUT2D eigenvalue weighted by molar-refractivity contribution is 0.100. The van der Waals surface area contributed by atoms with Gasteiger partial charge in [-0.1, -0.05) is 23.7 Å². The normalized spacial score (nSPS) is 10.7. The van der Waals surface area contributed by atoms with Gasteiger partial charge in [-0.3, -0.25) is 4.79 Å². The van der Waals surface area contributed by atoms with Crippen LogP contribution in [0.2, 0.25) is 5.02 Å². The number of hydrogen-bond donors (Lipinski definition) is 1. The van der Waals surface area contributed by atoms with Crippen molar-refractivity contribution in [2.45, 2.75) is 6.92 Å². The van der Waals surface area contributed by atoms with Gasteiger partial charge < -0.3 is 5.73 Å². The van der Waals surface area contributed by atoms with E-state index in [4.69, 9.17) is 17.3 Å². The van der Waals surface area contributed by atoms with Crippen molar-refractivity contribution in [2.75, 3.05) is 0 Å². The van der Waals surface area contributed by atoms with Crippen molar-refractivity contribution < 1.29 is 4.79 Å². The van der Waals surface area contributed by atoms with E-state index in [1.54, 1.807) is 0 Å². The summed E-state index contributed by atoms with van der Waals surface area (Å²) in [6.45, 7) is 1.96. The first-order valence-corrected chi connectivity index (χ1v) is 5.28. The summed E-state index contributed by atoms with van der Waals surface area (Å²) in [5, 5.41) is 1.42. The van der Waals surface area contributed by atoms with Gasteiger partial charge in [0.25, 0.3) is 5.91 Å². The molecule has 2 nitrogen and oxygen atoms in total. The van der Waals surface area contributed by atoms with Gasteiger partial charge in [0.05, 0.1) is 5.02 Å². The first kappa shape index (κ1) is 9.49. The number of aryl methyl sites for hydroxylation is 1. The minimum absolute atomic E-state index is 0.441. The molecule has 1 aromatic heterocycles. The molecule has 0 saturated carbocycles. The summed E-state index contributed by atoms with van der Waals surface area (Å²) in [7, 11) is 0. The first-order valence-electron chi connectivity index (χ1n) is 4.08. The van der Waals surface area contributed by atoms with E-state index in [0.717, 1.165) is 15.6 Å². The van der Waals surface area contributed by atoms with Crippen molar-refractivity contribution >= 4 is 38.9 Å². The van der Waals surface area contributed by atoms with Gasteiger partial charge in [0.2, 0.25) is 0 Å². The molecule has 2 N–H and O–H groups in total. The summed E-state index contributed by atoms with van der Waals surface area (Å²) < 4.78 is 1.00. The molecule has 4 heteroatoms. The van der Waals surface area contributed by atoms with E-state index in [9.17, 15) is 4.79 Å². The number of halogens is 1. The highest BCUT2D eigenvalue weighted by Gasteiger charge is 2.15. The quantitative estimate of drug-likeness (QED) is 0.797. The van der Waals surface area contributed by atoms with Crippen LogP contribution in [0, 0.1) is 6.92 Å². The summed E-state index contributed by atoms with van der Waals surface area (Å²) >= 11 is 7.41. The smallest absolute Gasteiger partial charge is 0.260 e. The van der Waals surface area contributed by atoms with E-state index in [-0.39, 0.29) is 0 Å². The van der Waals surface area contributed by atoms with Gasteiger partial charge in [-0.25, -0.2) is 0 Å². The van der Waals surface area contributed by atoms with Crippen molar-refractivity contribution in [3.63, 3.8) is 0 Å². The van der Waals surface area contributed by atoms with Crippen LogP contribution in [0.3, 0.4) is 0 Å². The number of amides is 1. The predicted molar refractivity (Wildman–Crippen MR) is 60.1 cm³/mol. The molecule has 0 saturated heterocycles. The zero-order chi connectivity index (χ0) is 10.3. The third-order valence-electron chi connectivity index (χ3n) is 2.09. The molecule has 1 amide bonds. The fourth-order valence-corrected chi connectivity index (χ4v) is 2.97. The molecule has 1 heterocycles. The highest BCUT2D eigenvalue weighted by atomic mass is 35.5. The number of carbonyl (C=O) groups is 1. The maximum absolute atomic E-state index is 11.1. The van der Waals surface area contributed by atoms with E-state index >= 15 is 0 Å². The highest BCUT2D eigenvalue weighted by Crippen LogP contribution is 2.36. The Hall–Kier alpha value is -1.06. The molecule has 0 unspecified atom stereocenters. The second-order valence-corrected chi connectivity index (χ2v) is 4.49. The van der Waals surface area contributed by atoms with Crippen LogP contribution in [-0.4, -0.2) is 5.91 Å². The van der Waals surface area contributed by atoms with Crippen LogP contribution in [0.25, 0.3) is 10.1 Å². The summed E-state index contributed by atoms with van der Waals surface area (Å²) in [6.07, 6.45) is 0. The van der Waals surface area contributed by atoms with E-state index in [1.807, 2.05) is 25.1 Å². The maximum Gasteiger partial charge on any atom is 0.260 e. The lowest BCUT2D eigenvalue weighted by atomic mass is 10.1. The van der Waals surface area contributed by atoms with Crippen molar-refractivity contribution in [1.29, 1.82) is 0 Å². The van der Waals surface area contributed by atoms with Crippen molar-refractivity contribution in [2.24, 2.45) is 5.73 Å². The fraction of sp³-hybridized carbons (Fsp3) is 0.100. The van der Waals surface area contributed by atoms with E-state index in [2.05, 4.69) is 0 Å². The number of primary amides is 1. The molecular weight excluding hydrogens is 218 g/mol. The van der Waals surface area contributed by atoms with Crippen LogP contribution in [0.5, 0.6) is 0 Å². The van der Waals surface area contributed by atoms with Crippen LogP contribution < -0.4 is 5.73 Å². The van der Waals surface area contributed by atoms with Crippen molar-refractivity contribution in [3.8, 4) is 0 Å². The lowest BCUT2D eigenvalue weighted by Gasteiger charge is -1.95. The summed E-state index contributed by atoms with van der Waals surface area (Å²) in [5.41, 5.74) is 6.28. The maximum atomic E-state index is 11.1. The number of benzene rings is 1. The Morgan fingerprint density at radius 2 is 2.21 bits per heavy atom. The summed E-state index contributed by atoms with van der Waals surface area (Å²) in [5.74, 6) is -0.462. The lowest BCUT2D eigenvalue weighted by Crippen LogP contribution is -2.08. The van der Waals surface area contributed by atoms with Gasteiger partial charge in [-0.15, -0.1) is 11.3 Å². The molecule has 0 aliphatic carbocycles. The minimum Gasteiger partial charge on any atom is -0.365 e. The molecule has 0 spiro atoms.